The number of nitrogens with zero attached hydrogens (tertiary/aromatic N) is 2. The summed E-state index contributed by atoms with van der Waals surface area (Å²) in [5.41, 5.74) is 6.37. The predicted molar refractivity (Wildman–Crippen MR) is 123 cm³/mol. The molecule has 0 N–H and O–H groups in total. The molecule has 1 aliphatic rings. The van der Waals surface area contributed by atoms with Crippen LogP contribution in [0.15, 0.2) is 24.3 Å². The molecular formula is C26H42N2. The molecule has 0 atom stereocenters. The van der Waals surface area contributed by atoms with Crippen molar-refractivity contribution in [1.82, 2.24) is 9.97 Å². The van der Waals surface area contributed by atoms with E-state index in [9.17, 15) is 0 Å². The second kappa shape index (κ2) is 12.7. The first-order chi connectivity index (χ1) is 13.5. The summed E-state index contributed by atoms with van der Waals surface area (Å²) < 4.78 is 0. The zero-order valence-corrected chi connectivity index (χ0v) is 19.6. The Hall–Kier alpha value is -1.70. The molecular weight excluding hydrogens is 340 g/mol. The first-order valence-electron chi connectivity index (χ1n) is 11.4. The molecule has 0 aliphatic heterocycles. The van der Waals surface area contributed by atoms with Crippen LogP contribution in [0, 0.1) is 39.5 Å². The SMILES string of the molecule is CC.CC.Cc1ccc(CC2CCC(Cc3nc(C)c(C)c(C)n3)CC2)cc1. The van der Waals surface area contributed by atoms with Crippen LogP contribution in [0.1, 0.15) is 87.3 Å². The third kappa shape index (κ3) is 7.37. The second-order valence-corrected chi connectivity index (χ2v) is 7.72. The minimum absolute atomic E-state index is 0.765. The molecule has 0 bridgehead atoms. The molecule has 3 rings (SSSR count). The number of aromatic nitrogens is 2. The molecule has 156 valence electrons. The quantitative estimate of drug-likeness (QED) is 0.552. The van der Waals surface area contributed by atoms with Crippen molar-refractivity contribution in [2.75, 3.05) is 0 Å². The summed E-state index contributed by atoms with van der Waals surface area (Å²) in [5, 5.41) is 0. The molecule has 0 saturated heterocycles. The maximum atomic E-state index is 4.71. The van der Waals surface area contributed by atoms with Gasteiger partial charge in [0.2, 0.25) is 0 Å². The van der Waals surface area contributed by atoms with Gasteiger partial charge < -0.3 is 0 Å². The maximum absolute atomic E-state index is 4.71. The Morgan fingerprint density at radius 1 is 0.679 bits per heavy atom. The van der Waals surface area contributed by atoms with Gasteiger partial charge in [0.15, 0.2) is 0 Å². The van der Waals surface area contributed by atoms with Crippen LogP contribution in [0.5, 0.6) is 0 Å². The lowest BCUT2D eigenvalue weighted by Crippen LogP contribution is -2.19. The molecule has 28 heavy (non-hydrogen) atoms. The third-order valence-electron chi connectivity index (χ3n) is 5.76. The Bertz CT molecular complexity index is 657. The van der Waals surface area contributed by atoms with Crippen LogP contribution < -0.4 is 0 Å². The van der Waals surface area contributed by atoms with Gasteiger partial charge in [-0.25, -0.2) is 9.97 Å². The topological polar surface area (TPSA) is 25.8 Å². The van der Waals surface area contributed by atoms with Crippen molar-refractivity contribution in [2.24, 2.45) is 11.8 Å². The molecule has 1 aromatic carbocycles. The Balaban J connectivity index is 0.000000921. The second-order valence-electron chi connectivity index (χ2n) is 7.72. The van der Waals surface area contributed by atoms with Crippen molar-refractivity contribution < 1.29 is 0 Å². The van der Waals surface area contributed by atoms with Gasteiger partial charge in [0.25, 0.3) is 0 Å². The highest BCUT2D eigenvalue weighted by Crippen LogP contribution is 2.32. The fraction of sp³-hybridized carbons (Fsp3) is 0.615. The molecule has 1 heterocycles. The van der Waals surface area contributed by atoms with Gasteiger partial charge >= 0.3 is 0 Å². The number of hydrogen-bond acceptors (Lipinski definition) is 2. The molecule has 2 aromatic rings. The lowest BCUT2D eigenvalue weighted by Gasteiger charge is -2.28. The average Bonchev–Trinajstić information content (AvgIpc) is 2.72. The smallest absolute Gasteiger partial charge is 0.129 e. The van der Waals surface area contributed by atoms with Crippen molar-refractivity contribution in [2.45, 2.75) is 93.9 Å². The molecule has 2 nitrogen and oxygen atoms in total. The third-order valence-corrected chi connectivity index (χ3v) is 5.76. The van der Waals surface area contributed by atoms with Gasteiger partial charge in [-0.2, -0.15) is 0 Å². The van der Waals surface area contributed by atoms with Crippen molar-refractivity contribution >= 4 is 0 Å². The summed E-state index contributed by atoms with van der Waals surface area (Å²) in [6.07, 6.45) is 7.65. The van der Waals surface area contributed by atoms with Gasteiger partial charge in [0.1, 0.15) is 5.82 Å². The normalized spacial score (nSPS) is 18.4. The fourth-order valence-corrected chi connectivity index (χ4v) is 3.89. The first kappa shape index (κ1) is 24.3. The van der Waals surface area contributed by atoms with Crippen molar-refractivity contribution in [3.63, 3.8) is 0 Å². The van der Waals surface area contributed by atoms with Gasteiger partial charge in [0.05, 0.1) is 0 Å². The molecule has 0 spiro atoms. The Kier molecular flexibility index (Phi) is 11.0. The highest BCUT2D eigenvalue weighted by molar-refractivity contribution is 5.23. The Morgan fingerprint density at radius 2 is 1.11 bits per heavy atom. The largest absolute Gasteiger partial charge is 0.238 e. The van der Waals surface area contributed by atoms with E-state index in [-0.39, 0.29) is 0 Å². The summed E-state index contributed by atoms with van der Waals surface area (Å²) in [7, 11) is 0. The summed E-state index contributed by atoms with van der Waals surface area (Å²) in [6.45, 7) is 16.5. The van der Waals surface area contributed by atoms with Crippen molar-refractivity contribution in [1.29, 1.82) is 0 Å². The van der Waals surface area contributed by atoms with E-state index in [0.29, 0.717) is 0 Å². The molecule has 0 radical (unpaired) electrons. The summed E-state index contributed by atoms with van der Waals surface area (Å²) in [6, 6.07) is 9.07. The summed E-state index contributed by atoms with van der Waals surface area (Å²) in [4.78, 5) is 9.42. The first-order valence-corrected chi connectivity index (χ1v) is 11.4. The minimum atomic E-state index is 0.765. The Morgan fingerprint density at radius 3 is 1.57 bits per heavy atom. The lowest BCUT2D eigenvalue weighted by molar-refractivity contribution is 0.269. The van der Waals surface area contributed by atoms with Crippen molar-refractivity contribution in [3.8, 4) is 0 Å². The van der Waals surface area contributed by atoms with Gasteiger partial charge in [-0.1, -0.05) is 57.5 Å². The molecule has 2 heteroatoms. The van der Waals surface area contributed by atoms with Crippen LogP contribution in [0.25, 0.3) is 0 Å². The van der Waals surface area contributed by atoms with Crippen LogP contribution in [0.3, 0.4) is 0 Å². The van der Waals surface area contributed by atoms with Crippen LogP contribution in [-0.2, 0) is 12.8 Å². The van der Waals surface area contributed by atoms with E-state index in [4.69, 9.17) is 9.97 Å². The maximum Gasteiger partial charge on any atom is 0.129 e. The van der Waals surface area contributed by atoms with E-state index in [0.717, 1.165) is 35.5 Å². The van der Waals surface area contributed by atoms with Crippen LogP contribution in [0.4, 0.5) is 0 Å². The zero-order chi connectivity index (χ0) is 21.1. The molecule has 1 saturated carbocycles. The highest BCUT2D eigenvalue weighted by atomic mass is 14.9. The van der Waals surface area contributed by atoms with Gasteiger partial charge in [-0.3, -0.25) is 0 Å². The van der Waals surface area contributed by atoms with Crippen LogP contribution in [-0.4, -0.2) is 9.97 Å². The van der Waals surface area contributed by atoms with Crippen LogP contribution in [0.2, 0.25) is 0 Å². The molecule has 1 aromatic heterocycles. The van der Waals surface area contributed by atoms with E-state index in [2.05, 4.69) is 52.0 Å². The monoisotopic (exact) mass is 382 g/mol. The molecule has 1 aliphatic carbocycles. The molecule has 0 unspecified atom stereocenters. The number of hydrogen-bond donors (Lipinski definition) is 0. The Labute approximate surface area is 174 Å². The number of benzene rings is 1. The standard InChI is InChI=1S/C22H30N2.2C2H6/c1-15-5-7-19(8-6-15)13-20-9-11-21(12-10-20)14-22-23-17(3)16(2)18(4)24-22;2*1-2/h5-8,20-21H,9-14H2,1-4H3;2*1-2H3. The number of aryl methyl sites for hydroxylation is 3. The molecule has 1 fully saturated rings. The number of rotatable bonds is 4. The van der Waals surface area contributed by atoms with Gasteiger partial charge in [0, 0.05) is 17.8 Å². The summed E-state index contributed by atoms with van der Waals surface area (Å²) >= 11 is 0. The van der Waals surface area contributed by atoms with E-state index in [1.165, 1.54) is 48.8 Å². The lowest BCUT2D eigenvalue weighted by atomic mass is 9.78. The van der Waals surface area contributed by atoms with E-state index in [1.54, 1.807) is 0 Å². The van der Waals surface area contributed by atoms with E-state index < -0.39 is 0 Å². The average molecular weight is 383 g/mol. The van der Waals surface area contributed by atoms with E-state index in [1.807, 2.05) is 27.7 Å². The fourth-order valence-electron chi connectivity index (χ4n) is 3.89. The summed E-state index contributed by atoms with van der Waals surface area (Å²) in [5.74, 6) is 2.67. The van der Waals surface area contributed by atoms with Gasteiger partial charge in [-0.15, -0.1) is 0 Å². The highest BCUT2D eigenvalue weighted by Gasteiger charge is 2.22. The van der Waals surface area contributed by atoms with Gasteiger partial charge in [-0.05, 0) is 82.8 Å². The van der Waals surface area contributed by atoms with Crippen LogP contribution >= 0.6 is 0 Å². The predicted octanol–water partition coefficient (Wildman–Crippen LogP) is 7.35. The van der Waals surface area contributed by atoms with Crippen molar-refractivity contribution in [3.05, 3.63) is 58.2 Å². The van der Waals surface area contributed by atoms with E-state index >= 15 is 0 Å². The minimum Gasteiger partial charge on any atom is -0.238 e. The molecule has 0 amide bonds. The zero-order valence-electron chi connectivity index (χ0n) is 19.6.